The fourth-order valence-electron chi connectivity index (χ4n) is 2.38. The van der Waals surface area contributed by atoms with E-state index in [1.54, 1.807) is 0 Å². The first kappa shape index (κ1) is 14.5. The van der Waals surface area contributed by atoms with Crippen molar-refractivity contribution in [3.63, 3.8) is 0 Å². The fraction of sp³-hybridized carbons (Fsp3) is 0.353. The summed E-state index contributed by atoms with van der Waals surface area (Å²) in [7, 11) is 0. The minimum Gasteiger partial charge on any atom is -0.367 e. The van der Waals surface area contributed by atoms with Gasteiger partial charge in [-0.2, -0.15) is 0 Å². The van der Waals surface area contributed by atoms with Gasteiger partial charge in [0.05, 0.1) is 0 Å². The molecule has 0 aliphatic carbocycles. The number of aromatic nitrogens is 1. The highest BCUT2D eigenvalue weighted by atomic mass is 15.1. The second-order valence-electron chi connectivity index (χ2n) is 4.94. The molecule has 0 amide bonds. The molecule has 2 N–H and O–H groups in total. The summed E-state index contributed by atoms with van der Waals surface area (Å²) in [4.78, 5) is 6.43. The largest absolute Gasteiger partial charge is 0.367 e. The second-order valence-corrected chi connectivity index (χ2v) is 4.94. The molecule has 0 bridgehead atoms. The van der Waals surface area contributed by atoms with Crippen molar-refractivity contribution in [2.24, 2.45) is 5.73 Å². The molecule has 0 unspecified atom stereocenters. The number of pyridine rings is 1. The lowest BCUT2D eigenvalue weighted by molar-refractivity contribution is 0.690. The highest BCUT2D eigenvalue weighted by Crippen LogP contribution is 2.27. The van der Waals surface area contributed by atoms with Crippen molar-refractivity contribution < 1.29 is 0 Å². The van der Waals surface area contributed by atoms with Crippen LogP contribution in [0.1, 0.15) is 37.4 Å². The molecular formula is C17H23N3. The number of hydrogen-bond acceptors (Lipinski definition) is 3. The van der Waals surface area contributed by atoms with Gasteiger partial charge in [-0.05, 0) is 42.7 Å². The first-order valence-electron chi connectivity index (χ1n) is 7.24. The van der Waals surface area contributed by atoms with Gasteiger partial charge >= 0.3 is 0 Å². The van der Waals surface area contributed by atoms with Crippen molar-refractivity contribution in [1.29, 1.82) is 0 Å². The van der Waals surface area contributed by atoms with Crippen LogP contribution in [0.4, 0.5) is 5.69 Å². The molecule has 0 fully saturated rings. The number of anilines is 1. The molecule has 1 heterocycles. The molecule has 2 aromatic rings. The van der Waals surface area contributed by atoms with E-state index >= 15 is 0 Å². The average molecular weight is 269 g/mol. The third-order valence-electron chi connectivity index (χ3n) is 3.62. The van der Waals surface area contributed by atoms with Crippen LogP contribution in [0.3, 0.4) is 0 Å². The van der Waals surface area contributed by atoms with E-state index in [1.165, 1.54) is 16.8 Å². The summed E-state index contributed by atoms with van der Waals surface area (Å²) in [6, 6.07) is 12.7. The summed E-state index contributed by atoms with van der Waals surface area (Å²) < 4.78 is 0. The van der Waals surface area contributed by atoms with Crippen molar-refractivity contribution in [1.82, 2.24) is 4.98 Å². The van der Waals surface area contributed by atoms with Crippen LogP contribution >= 0.6 is 0 Å². The Morgan fingerprint density at radius 2 is 1.80 bits per heavy atom. The van der Waals surface area contributed by atoms with Gasteiger partial charge in [0, 0.05) is 37.2 Å². The van der Waals surface area contributed by atoms with Crippen molar-refractivity contribution >= 4 is 5.69 Å². The third kappa shape index (κ3) is 3.36. The van der Waals surface area contributed by atoms with Crippen LogP contribution < -0.4 is 10.6 Å². The first-order chi connectivity index (χ1) is 9.76. The zero-order valence-corrected chi connectivity index (χ0v) is 12.3. The molecule has 0 aliphatic rings. The number of nitrogens with two attached hydrogens (primary N) is 1. The van der Waals surface area contributed by atoms with Crippen LogP contribution in [0.15, 0.2) is 48.8 Å². The molecule has 1 aromatic carbocycles. The highest BCUT2D eigenvalue weighted by molar-refractivity contribution is 5.55. The van der Waals surface area contributed by atoms with Crippen molar-refractivity contribution in [2.75, 3.05) is 11.4 Å². The maximum absolute atomic E-state index is 6.24. The van der Waals surface area contributed by atoms with Gasteiger partial charge in [0.2, 0.25) is 0 Å². The minimum absolute atomic E-state index is 0.0951. The van der Waals surface area contributed by atoms with Crippen LogP contribution in [0, 0.1) is 0 Å². The molecule has 0 aliphatic heterocycles. The predicted octanol–water partition coefficient (Wildman–Crippen LogP) is 3.52. The summed E-state index contributed by atoms with van der Waals surface area (Å²) in [5.74, 6) is 0. The Labute approximate surface area is 121 Å². The Kier molecular flexibility index (Phi) is 5.13. The molecule has 20 heavy (non-hydrogen) atoms. The first-order valence-corrected chi connectivity index (χ1v) is 7.24. The van der Waals surface area contributed by atoms with Gasteiger partial charge in [-0.15, -0.1) is 0 Å². The van der Waals surface area contributed by atoms with Crippen molar-refractivity contribution in [3.8, 4) is 0 Å². The summed E-state index contributed by atoms with van der Waals surface area (Å²) >= 11 is 0. The van der Waals surface area contributed by atoms with E-state index in [0.29, 0.717) is 0 Å². The van der Waals surface area contributed by atoms with Crippen LogP contribution in [-0.4, -0.2) is 11.5 Å². The predicted molar refractivity (Wildman–Crippen MR) is 84.6 cm³/mol. The molecule has 0 radical (unpaired) electrons. The van der Waals surface area contributed by atoms with Gasteiger partial charge in [-0.25, -0.2) is 0 Å². The van der Waals surface area contributed by atoms with Gasteiger partial charge in [0.1, 0.15) is 0 Å². The molecule has 0 saturated heterocycles. The van der Waals surface area contributed by atoms with Crippen LogP contribution in [0.25, 0.3) is 0 Å². The lowest BCUT2D eigenvalue weighted by Gasteiger charge is -2.27. The highest BCUT2D eigenvalue weighted by Gasteiger charge is 2.13. The zero-order valence-electron chi connectivity index (χ0n) is 12.3. The molecule has 0 spiro atoms. The topological polar surface area (TPSA) is 42.1 Å². The van der Waals surface area contributed by atoms with E-state index in [9.17, 15) is 0 Å². The van der Waals surface area contributed by atoms with E-state index in [-0.39, 0.29) is 6.04 Å². The molecule has 2 rings (SSSR count). The van der Waals surface area contributed by atoms with E-state index in [2.05, 4.69) is 60.1 Å². The summed E-state index contributed by atoms with van der Waals surface area (Å²) in [5.41, 5.74) is 9.97. The molecule has 106 valence electrons. The quantitative estimate of drug-likeness (QED) is 0.872. The van der Waals surface area contributed by atoms with Gasteiger partial charge in [0.15, 0.2) is 0 Å². The van der Waals surface area contributed by atoms with Crippen molar-refractivity contribution in [3.05, 3.63) is 59.9 Å². The SMILES string of the molecule is CC[C@H](N)c1ccccc1N(CC)Cc1ccncc1. The van der Waals surface area contributed by atoms with Gasteiger partial charge in [-0.1, -0.05) is 25.1 Å². The molecular weight excluding hydrogens is 246 g/mol. The number of rotatable bonds is 6. The normalized spacial score (nSPS) is 12.2. The average Bonchev–Trinajstić information content (AvgIpc) is 2.53. The van der Waals surface area contributed by atoms with Crippen molar-refractivity contribution in [2.45, 2.75) is 32.9 Å². The van der Waals surface area contributed by atoms with Gasteiger partial charge in [-0.3, -0.25) is 4.98 Å². The standard InChI is InChI=1S/C17H23N3/c1-3-16(18)15-7-5-6-8-17(15)20(4-2)13-14-9-11-19-12-10-14/h5-12,16H,3-4,13,18H2,1-2H3/t16-/m0/s1. The van der Waals surface area contributed by atoms with E-state index in [0.717, 1.165) is 19.5 Å². The monoisotopic (exact) mass is 269 g/mol. The molecule has 1 atom stereocenters. The Balaban J connectivity index is 2.28. The summed E-state index contributed by atoms with van der Waals surface area (Å²) in [5, 5.41) is 0. The summed E-state index contributed by atoms with van der Waals surface area (Å²) in [6.07, 6.45) is 4.63. The lowest BCUT2D eigenvalue weighted by atomic mass is 10.0. The Bertz CT molecular complexity index is 525. The second kappa shape index (κ2) is 7.06. The van der Waals surface area contributed by atoms with Gasteiger partial charge in [0.25, 0.3) is 0 Å². The van der Waals surface area contributed by atoms with Crippen LogP contribution in [0.2, 0.25) is 0 Å². The number of para-hydroxylation sites is 1. The summed E-state index contributed by atoms with van der Waals surface area (Å²) in [6.45, 7) is 6.14. The molecule has 0 saturated carbocycles. The maximum atomic E-state index is 6.24. The Hall–Kier alpha value is -1.87. The Morgan fingerprint density at radius 3 is 2.45 bits per heavy atom. The number of nitrogens with zero attached hydrogens (tertiary/aromatic N) is 2. The van der Waals surface area contributed by atoms with E-state index in [1.807, 2.05) is 12.4 Å². The minimum atomic E-state index is 0.0951. The smallest absolute Gasteiger partial charge is 0.0430 e. The van der Waals surface area contributed by atoms with E-state index in [4.69, 9.17) is 5.73 Å². The molecule has 3 heteroatoms. The fourth-order valence-corrected chi connectivity index (χ4v) is 2.38. The van der Waals surface area contributed by atoms with Crippen LogP contribution in [-0.2, 0) is 6.54 Å². The molecule has 3 nitrogen and oxygen atoms in total. The van der Waals surface area contributed by atoms with E-state index < -0.39 is 0 Å². The zero-order chi connectivity index (χ0) is 14.4. The number of hydrogen-bond donors (Lipinski definition) is 1. The van der Waals surface area contributed by atoms with Crippen LogP contribution in [0.5, 0.6) is 0 Å². The third-order valence-corrected chi connectivity index (χ3v) is 3.62. The number of benzene rings is 1. The van der Waals surface area contributed by atoms with Gasteiger partial charge < -0.3 is 10.6 Å². The lowest BCUT2D eigenvalue weighted by Crippen LogP contribution is -2.25. The maximum Gasteiger partial charge on any atom is 0.0430 e. The Morgan fingerprint density at radius 1 is 1.10 bits per heavy atom. The molecule has 1 aromatic heterocycles.